The molecule has 0 spiro atoms. The number of carbonyl (C=O) groups is 1. The molecule has 1 aromatic heterocycles. The van der Waals surface area contributed by atoms with Gasteiger partial charge in [0.25, 0.3) is 15.9 Å². The van der Waals surface area contributed by atoms with Crippen molar-refractivity contribution in [3.8, 4) is 0 Å². The van der Waals surface area contributed by atoms with Gasteiger partial charge in [0.05, 0.1) is 4.90 Å². The van der Waals surface area contributed by atoms with Gasteiger partial charge in [-0.15, -0.1) is 10.2 Å². The van der Waals surface area contributed by atoms with E-state index in [2.05, 4.69) is 15.5 Å². The smallest absolute Gasteiger partial charge is 0.352 e. The Morgan fingerprint density at radius 1 is 1.12 bits per heavy atom. The number of aromatic nitrogens is 2. The van der Waals surface area contributed by atoms with Crippen molar-refractivity contribution in [2.24, 2.45) is 0 Å². The fourth-order valence-electron chi connectivity index (χ4n) is 2.64. The van der Waals surface area contributed by atoms with Crippen molar-refractivity contribution in [1.82, 2.24) is 15.5 Å². The van der Waals surface area contributed by atoms with E-state index in [1.54, 1.807) is 37.3 Å². The van der Waals surface area contributed by atoms with E-state index in [9.17, 15) is 26.4 Å². The van der Waals surface area contributed by atoms with Gasteiger partial charge in [0, 0.05) is 17.1 Å². The first-order valence-electron chi connectivity index (χ1n) is 9.02. The zero-order valence-corrected chi connectivity index (χ0v) is 18.8. The highest BCUT2D eigenvalue weighted by Gasteiger charge is 2.36. The molecule has 3 rings (SSSR count). The van der Waals surface area contributed by atoms with E-state index < -0.39 is 26.3 Å². The van der Waals surface area contributed by atoms with E-state index in [1.165, 1.54) is 12.1 Å². The number of hydrogen-bond acceptors (Lipinski definition) is 6. The van der Waals surface area contributed by atoms with Crippen LogP contribution in [0, 0.1) is 6.92 Å². The number of benzene rings is 2. The van der Waals surface area contributed by atoms with E-state index in [-0.39, 0.29) is 22.1 Å². The number of hydrogen-bond donors (Lipinski definition) is 2. The van der Waals surface area contributed by atoms with E-state index >= 15 is 0 Å². The third-order valence-electron chi connectivity index (χ3n) is 4.27. The molecule has 0 radical (unpaired) electrons. The molecule has 13 heteroatoms. The molecule has 0 aliphatic heterocycles. The van der Waals surface area contributed by atoms with Gasteiger partial charge in [-0.1, -0.05) is 41.1 Å². The number of halogens is 4. The Hall–Kier alpha value is -2.70. The molecule has 0 saturated carbocycles. The summed E-state index contributed by atoms with van der Waals surface area (Å²) in [7, 11) is -4.13. The van der Waals surface area contributed by atoms with Gasteiger partial charge in [0.1, 0.15) is 0 Å². The molecule has 0 bridgehead atoms. The van der Waals surface area contributed by atoms with Crippen LogP contribution in [-0.2, 0) is 22.6 Å². The van der Waals surface area contributed by atoms with E-state index in [0.717, 1.165) is 11.1 Å². The molecule has 2 aromatic carbocycles. The van der Waals surface area contributed by atoms with Crippen LogP contribution in [0.5, 0.6) is 0 Å². The lowest BCUT2D eigenvalue weighted by atomic mass is 10.1. The fourth-order valence-corrected chi connectivity index (χ4v) is 4.66. The first kappa shape index (κ1) is 24.0. The number of alkyl halides is 3. The molecule has 0 saturated heterocycles. The Balaban J connectivity index is 1.59. The van der Waals surface area contributed by atoms with E-state index in [0.29, 0.717) is 23.6 Å². The third kappa shape index (κ3) is 5.96. The number of sulfonamides is 1. The second kappa shape index (κ2) is 9.43. The van der Waals surface area contributed by atoms with Crippen LogP contribution >= 0.6 is 22.9 Å². The largest absolute Gasteiger partial charge is 0.445 e. The Kier molecular flexibility index (Phi) is 7.06. The van der Waals surface area contributed by atoms with E-state index in [4.69, 9.17) is 11.6 Å². The second-order valence-corrected chi connectivity index (χ2v) is 9.72. The summed E-state index contributed by atoms with van der Waals surface area (Å²) >= 11 is 6.02. The highest BCUT2D eigenvalue weighted by molar-refractivity contribution is 7.93. The first-order valence-corrected chi connectivity index (χ1v) is 11.7. The number of carbonyl (C=O) groups excluding carboxylic acids is 1. The Morgan fingerprint density at radius 3 is 2.44 bits per heavy atom. The van der Waals surface area contributed by atoms with Gasteiger partial charge in [-0.3, -0.25) is 9.52 Å². The highest BCUT2D eigenvalue weighted by atomic mass is 35.5. The topological polar surface area (TPSA) is 101 Å². The molecule has 1 heterocycles. The van der Waals surface area contributed by atoms with Gasteiger partial charge in [0.2, 0.25) is 10.1 Å². The van der Waals surface area contributed by atoms with Crippen molar-refractivity contribution in [1.29, 1.82) is 0 Å². The maximum atomic E-state index is 12.6. The average Bonchev–Trinajstić information content (AvgIpc) is 3.18. The highest BCUT2D eigenvalue weighted by Crippen LogP contribution is 2.33. The van der Waals surface area contributed by atoms with Crippen molar-refractivity contribution < 1.29 is 26.4 Å². The van der Waals surface area contributed by atoms with Crippen LogP contribution in [0.25, 0.3) is 0 Å². The third-order valence-corrected chi connectivity index (χ3v) is 6.87. The Morgan fingerprint density at radius 2 is 1.81 bits per heavy atom. The number of rotatable bonds is 7. The lowest BCUT2D eigenvalue weighted by Gasteiger charge is -2.09. The summed E-state index contributed by atoms with van der Waals surface area (Å²) in [6.45, 7) is 2.10. The molecular weight excluding hydrogens is 489 g/mol. The SMILES string of the molecule is Cc1ccc(Cl)cc1C(=O)NCCc1ccc(S(=O)(=O)Nc2nnc(C(F)(F)F)s2)cc1. The molecule has 0 fully saturated rings. The fraction of sp³-hybridized carbons (Fsp3) is 0.211. The van der Waals surface area contributed by atoms with Crippen LogP contribution in [-0.4, -0.2) is 31.1 Å². The number of nitrogens with one attached hydrogen (secondary N) is 2. The molecule has 170 valence electrons. The minimum atomic E-state index is -4.70. The summed E-state index contributed by atoms with van der Waals surface area (Å²) in [5.74, 6) is -0.274. The van der Waals surface area contributed by atoms with Gasteiger partial charge in [-0.2, -0.15) is 13.2 Å². The quantitative estimate of drug-likeness (QED) is 0.500. The van der Waals surface area contributed by atoms with Crippen LogP contribution in [0.3, 0.4) is 0 Å². The second-order valence-electron chi connectivity index (χ2n) is 6.62. The predicted molar refractivity (Wildman–Crippen MR) is 114 cm³/mol. The predicted octanol–water partition coefficient (Wildman–Crippen LogP) is 4.29. The van der Waals surface area contributed by atoms with Crippen LogP contribution in [0.1, 0.15) is 26.5 Å². The van der Waals surface area contributed by atoms with Crippen molar-refractivity contribution in [2.45, 2.75) is 24.4 Å². The molecule has 2 N–H and O–H groups in total. The van der Waals surface area contributed by atoms with Crippen LogP contribution in [0.2, 0.25) is 5.02 Å². The summed E-state index contributed by atoms with van der Waals surface area (Å²) in [5, 5.41) is 7.64. The monoisotopic (exact) mass is 504 g/mol. The minimum Gasteiger partial charge on any atom is -0.352 e. The lowest BCUT2D eigenvalue weighted by molar-refractivity contribution is -0.138. The Labute approximate surface area is 190 Å². The van der Waals surface area contributed by atoms with Crippen LogP contribution in [0.4, 0.5) is 18.3 Å². The van der Waals surface area contributed by atoms with E-state index in [1.807, 2.05) is 4.72 Å². The molecule has 1 amide bonds. The summed E-state index contributed by atoms with van der Waals surface area (Å²) < 4.78 is 64.5. The molecule has 3 aromatic rings. The number of anilines is 1. The van der Waals surface area contributed by atoms with Crippen LogP contribution < -0.4 is 10.0 Å². The van der Waals surface area contributed by atoms with Gasteiger partial charge in [-0.05, 0) is 48.7 Å². The average molecular weight is 505 g/mol. The van der Waals surface area contributed by atoms with Crippen molar-refractivity contribution >= 4 is 44.0 Å². The van der Waals surface area contributed by atoms with Crippen LogP contribution in [0.15, 0.2) is 47.4 Å². The van der Waals surface area contributed by atoms with Crippen molar-refractivity contribution in [3.05, 3.63) is 69.2 Å². The first-order chi connectivity index (χ1) is 15.0. The zero-order chi connectivity index (χ0) is 23.5. The maximum Gasteiger partial charge on any atom is 0.445 e. The molecule has 0 aliphatic rings. The normalized spacial score (nSPS) is 11.9. The summed E-state index contributed by atoms with van der Waals surface area (Å²) in [6, 6.07) is 10.7. The zero-order valence-electron chi connectivity index (χ0n) is 16.4. The van der Waals surface area contributed by atoms with Crippen molar-refractivity contribution in [2.75, 3.05) is 11.3 Å². The van der Waals surface area contributed by atoms with Gasteiger partial charge < -0.3 is 5.32 Å². The molecule has 7 nitrogen and oxygen atoms in total. The molecule has 0 unspecified atom stereocenters. The molecular formula is C19H16ClF3N4O3S2. The van der Waals surface area contributed by atoms with Gasteiger partial charge in [0.15, 0.2) is 0 Å². The standard InChI is InChI=1S/C19H16ClF3N4O3S2/c1-11-2-5-13(20)10-15(11)16(28)24-9-8-12-3-6-14(7-4-12)32(29,30)27-18-26-25-17(31-18)19(21,22)23/h2-7,10H,8-9H2,1H3,(H,24,28)(H,26,27). The molecule has 0 atom stereocenters. The molecule has 32 heavy (non-hydrogen) atoms. The van der Waals surface area contributed by atoms with Crippen molar-refractivity contribution in [3.63, 3.8) is 0 Å². The summed E-state index contributed by atoms with van der Waals surface area (Å²) in [5.41, 5.74) is 2.00. The number of aryl methyl sites for hydroxylation is 1. The minimum absolute atomic E-state index is 0.0923. The number of nitrogens with zero attached hydrogens (tertiary/aromatic N) is 2. The summed E-state index contributed by atoms with van der Waals surface area (Å²) in [4.78, 5) is 12.1. The van der Waals surface area contributed by atoms with Gasteiger partial charge >= 0.3 is 6.18 Å². The van der Waals surface area contributed by atoms with Gasteiger partial charge in [-0.25, -0.2) is 8.42 Å². The lowest BCUT2D eigenvalue weighted by Crippen LogP contribution is -2.26. The summed E-state index contributed by atoms with van der Waals surface area (Å²) in [6.07, 6.45) is -4.27. The number of amides is 1. The molecule has 0 aliphatic carbocycles. The Bertz CT molecular complexity index is 1230. The maximum absolute atomic E-state index is 12.6.